The van der Waals surface area contributed by atoms with Crippen LogP contribution in [0.3, 0.4) is 0 Å². The monoisotopic (exact) mass is 269 g/mol. The van der Waals surface area contributed by atoms with Crippen molar-refractivity contribution in [2.24, 2.45) is 0 Å². The molecule has 0 bridgehead atoms. The minimum Gasteiger partial charge on any atom is -0.384 e. The summed E-state index contributed by atoms with van der Waals surface area (Å²) >= 11 is 0. The molecule has 0 fully saturated rings. The van der Waals surface area contributed by atoms with Crippen molar-refractivity contribution < 1.29 is 9.59 Å². The molecule has 1 aromatic carbocycles. The molecule has 1 aromatic heterocycles. The van der Waals surface area contributed by atoms with Gasteiger partial charge in [0.2, 0.25) is 5.91 Å². The molecule has 0 saturated heterocycles. The van der Waals surface area contributed by atoms with Gasteiger partial charge in [-0.3, -0.25) is 9.59 Å². The summed E-state index contributed by atoms with van der Waals surface area (Å²) in [5.41, 5.74) is 6.64. The van der Waals surface area contributed by atoms with Crippen LogP contribution in [-0.2, 0) is 4.79 Å². The molecule has 0 spiro atoms. The molecule has 20 heavy (non-hydrogen) atoms. The van der Waals surface area contributed by atoms with Crippen molar-refractivity contribution in [2.45, 2.75) is 12.8 Å². The van der Waals surface area contributed by atoms with E-state index >= 15 is 0 Å². The van der Waals surface area contributed by atoms with Gasteiger partial charge in [0.15, 0.2) is 5.78 Å². The first-order valence-corrected chi connectivity index (χ1v) is 6.25. The number of pyridine rings is 1. The zero-order chi connectivity index (χ0) is 14.4. The van der Waals surface area contributed by atoms with Crippen molar-refractivity contribution in [1.82, 2.24) is 4.98 Å². The maximum atomic E-state index is 11.8. The first-order chi connectivity index (χ1) is 9.65. The number of ketones is 1. The number of benzene rings is 1. The standard InChI is InChI=1S/C15H15N3O2/c16-14-8-6-12(10-17-14)18-15(20)9-7-13(19)11-4-2-1-3-5-11/h1-6,8,10H,7,9H2,(H2,16,17)(H,18,20). The third-order valence-electron chi connectivity index (χ3n) is 2.75. The topological polar surface area (TPSA) is 85.1 Å². The highest BCUT2D eigenvalue weighted by atomic mass is 16.2. The highest BCUT2D eigenvalue weighted by Gasteiger charge is 2.09. The Morgan fingerprint density at radius 2 is 1.80 bits per heavy atom. The van der Waals surface area contributed by atoms with Crippen LogP contribution in [0, 0.1) is 0 Å². The van der Waals surface area contributed by atoms with E-state index in [1.54, 1.807) is 36.4 Å². The number of anilines is 2. The van der Waals surface area contributed by atoms with Crippen molar-refractivity contribution in [3.63, 3.8) is 0 Å². The largest absolute Gasteiger partial charge is 0.384 e. The fourth-order valence-corrected chi connectivity index (χ4v) is 1.70. The molecule has 1 heterocycles. The molecule has 102 valence electrons. The molecule has 0 saturated carbocycles. The number of nitrogens with zero attached hydrogens (tertiary/aromatic N) is 1. The van der Waals surface area contributed by atoms with Crippen LogP contribution in [0.1, 0.15) is 23.2 Å². The van der Waals surface area contributed by atoms with Gasteiger partial charge in [0.05, 0.1) is 11.9 Å². The molecule has 3 N–H and O–H groups in total. The summed E-state index contributed by atoms with van der Waals surface area (Å²) in [5.74, 6) is 0.124. The Hall–Kier alpha value is -2.69. The Labute approximate surface area is 116 Å². The number of hydrogen-bond acceptors (Lipinski definition) is 4. The lowest BCUT2D eigenvalue weighted by atomic mass is 10.1. The van der Waals surface area contributed by atoms with Crippen LogP contribution in [0.5, 0.6) is 0 Å². The van der Waals surface area contributed by atoms with E-state index in [-0.39, 0.29) is 24.5 Å². The van der Waals surface area contributed by atoms with E-state index in [1.165, 1.54) is 6.20 Å². The van der Waals surface area contributed by atoms with Crippen molar-refractivity contribution in [3.8, 4) is 0 Å². The minimum absolute atomic E-state index is 0.0452. The Bertz CT molecular complexity index is 594. The van der Waals surface area contributed by atoms with Gasteiger partial charge >= 0.3 is 0 Å². The zero-order valence-corrected chi connectivity index (χ0v) is 10.9. The summed E-state index contributed by atoms with van der Waals surface area (Å²) in [7, 11) is 0. The SMILES string of the molecule is Nc1ccc(NC(=O)CCC(=O)c2ccccc2)cn1. The van der Waals surface area contributed by atoms with Crippen molar-refractivity contribution in [3.05, 3.63) is 54.2 Å². The van der Waals surface area contributed by atoms with E-state index in [0.29, 0.717) is 17.1 Å². The number of nitrogen functional groups attached to an aromatic ring is 1. The van der Waals surface area contributed by atoms with E-state index in [2.05, 4.69) is 10.3 Å². The second-order valence-electron chi connectivity index (χ2n) is 4.31. The maximum Gasteiger partial charge on any atom is 0.224 e. The third-order valence-corrected chi connectivity index (χ3v) is 2.75. The number of rotatable bonds is 5. The highest BCUT2D eigenvalue weighted by Crippen LogP contribution is 2.09. The molecule has 5 heteroatoms. The number of nitrogens with two attached hydrogens (primary N) is 1. The van der Waals surface area contributed by atoms with Gasteiger partial charge in [0.25, 0.3) is 0 Å². The first kappa shape index (κ1) is 13.7. The van der Waals surface area contributed by atoms with Crippen molar-refractivity contribution in [1.29, 1.82) is 0 Å². The normalized spacial score (nSPS) is 10.0. The van der Waals surface area contributed by atoms with Crippen LogP contribution < -0.4 is 11.1 Å². The number of carbonyl (C=O) groups excluding carboxylic acids is 2. The Balaban J connectivity index is 1.83. The number of hydrogen-bond donors (Lipinski definition) is 2. The van der Waals surface area contributed by atoms with Gasteiger partial charge in [-0.25, -0.2) is 4.98 Å². The molecular formula is C15H15N3O2. The van der Waals surface area contributed by atoms with Gasteiger partial charge in [0, 0.05) is 18.4 Å². The van der Waals surface area contributed by atoms with Gasteiger partial charge < -0.3 is 11.1 Å². The molecule has 0 aliphatic rings. The summed E-state index contributed by atoms with van der Waals surface area (Å²) in [6.45, 7) is 0. The van der Waals surface area contributed by atoms with Gasteiger partial charge in [0.1, 0.15) is 5.82 Å². The molecule has 5 nitrogen and oxygen atoms in total. The van der Waals surface area contributed by atoms with Crippen LogP contribution in [0.2, 0.25) is 0 Å². The molecule has 2 aromatic rings. The second-order valence-corrected chi connectivity index (χ2v) is 4.31. The average Bonchev–Trinajstić information content (AvgIpc) is 2.48. The average molecular weight is 269 g/mol. The molecular weight excluding hydrogens is 254 g/mol. The quantitative estimate of drug-likeness (QED) is 0.815. The highest BCUT2D eigenvalue weighted by molar-refractivity contribution is 5.99. The summed E-state index contributed by atoms with van der Waals surface area (Å²) in [6.07, 6.45) is 1.79. The van der Waals surface area contributed by atoms with Gasteiger partial charge in [-0.05, 0) is 12.1 Å². The Morgan fingerprint density at radius 3 is 2.45 bits per heavy atom. The van der Waals surface area contributed by atoms with E-state index < -0.39 is 0 Å². The fourth-order valence-electron chi connectivity index (χ4n) is 1.70. The van der Waals surface area contributed by atoms with Crippen LogP contribution >= 0.6 is 0 Å². The number of Topliss-reactive ketones (excluding diaryl/α,β-unsaturated/α-hetero) is 1. The van der Waals surface area contributed by atoms with Crippen LogP contribution in [0.15, 0.2) is 48.7 Å². The Morgan fingerprint density at radius 1 is 1.05 bits per heavy atom. The van der Waals surface area contributed by atoms with Crippen molar-refractivity contribution >= 4 is 23.2 Å². The molecule has 0 radical (unpaired) electrons. The summed E-state index contributed by atoms with van der Waals surface area (Å²) in [6, 6.07) is 12.2. The first-order valence-electron chi connectivity index (χ1n) is 6.25. The zero-order valence-electron chi connectivity index (χ0n) is 10.9. The predicted octanol–water partition coefficient (Wildman–Crippen LogP) is 2.27. The fraction of sp³-hybridized carbons (Fsp3) is 0.133. The maximum absolute atomic E-state index is 11.8. The van der Waals surface area contributed by atoms with E-state index in [4.69, 9.17) is 5.73 Å². The molecule has 0 aliphatic carbocycles. The number of carbonyl (C=O) groups is 2. The van der Waals surface area contributed by atoms with Crippen molar-refractivity contribution in [2.75, 3.05) is 11.1 Å². The van der Waals surface area contributed by atoms with E-state index in [1.807, 2.05) is 6.07 Å². The molecule has 0 unspecified atom stereocenters. The minimum atomic E-state index is -0.221. The van der Waals surface area contributed by atoms with E-state index in [0.717, 1.165) is 0 Å². The summed E-state index contributed by atoms with van der Waals surface area (Å²) in [5, 5.41) is 2.67. The smallest absolute Gasteiger partial charge is 0.224 e. The summed E-state index contributed by atoms with van der Waals surface area (Å²) in [4.78, 5) is 27.4. The lowest BCUT2D eigenvalue weighted by Crippen LogP contribution is -2.13. The van der Waals surface area contributed by atoms with Gasteiger partial charge in [-0.15, -0.1) is 0 Å². The van der Waals surface area contributed by atoms with Crippen LogP contribution in [0.25, 0.3) is 0 Å². The van der Waals surface area contributed by atoms with Crippen LogP contribution in [0.4, 0.5) is 11.5 Å². The van der Waals surface area contributed by atoms with E-state index in [9.17, 15) is 9.59 Å². The molecule has 0 atom stereocenters. The summed E-state index contributed by atoms with van der Waals surface area (Å²) < 4.78 is 0. The molecule has 0 aliphatic heterocycles. The number of aromatic nitrogens is 1. The second kappa shape index (κ2) is 6.47. The molecule has 1 amide bonds. The third kappa shape index (κ3) is 3.91. The Kier molecular flexibility index (Phi) is 4.44. The number of nitrogens with one attached hydrogen (secondary N) is 1. The number of amides is 1. The lowest BCUT2D eigenvalue weighted by Gasteiger charge is -2.05. The lowest BCUT2D eigenvalue weighted by molar-refractivity contribution is -0.116. The van der Waals surface area contributed by atoms with Crippen LogP contribution in [-0.4, -0.2) is 16.7 Å². The van der Waals surface area contributed by atoms with Gasteiger partial charge in [-0.1, -0.05) is 30.3 Å². The van der Waals surface area contributed by atoms with Gasteiger partial charge in [-0.2, -0.15) is 0 Å². The molecule has 2 rings (SSSR count). The predicted molar refractivity (Wildman–Crippen MR) is 77.3 cm³/mol.